The van der Waals surface area contributed by atoms with Crippen LogP contribution < -0.4 is 15.0 Å². The van der Waals surface area contributed by atoms with Gasteiger partial charge in [-0.25, -0.2) is 4.98 Å². The van der Waals surface area contributed by atoms with Gasteiger partial charge in [0.25, 0.3) is 5.91 Å². The van der Waals surface area contributed by atoms with E-state index in [1.807, 2.05) is 62.0 Å². The Morgan fingerprint density at radius 3 is 2.47 bits per heavy atom. The van der Waals surface area contributed by atoms with Crippen LogP contribution in [0.3, 0.4) is 0 Å². The molecule has 0 saturated carbocycles. The van der Waals surface area contributed by atoms with Gasteiger partial charge in [-0.3, -0.25) is 9.78 Å². The average molecular weight is 592 g/mol. The van der Waals surface area contributed by atoms with Crippen LogP contribution in [0.2, 0.25) is 0 Å². The van der Waals surface area contributed by atoms with Crippen molar-refractivity contribution < 1.29 is 22.7 Å². The zero-order valence-electron chi connectivity index (χ0n) is 25.0. The van der Waals surface area contributed by atoms with Crippen molar-refractivity contribution >= 4 is 17.3 Å². The quantitative estimate of drug-likeness (QED) is 0.195. The number of hydrogen-bond donors (Lipinski definition) is 1. The monoisotopic (exact) mass is 591 g/mol. The second kappa shape index (κ2) is 13.7. The summed E-state index contributed by atoms with van der Waals surface area (Å²) in [5.74, 6) is 0.202. The lowest BCUT2D eigenvalue weighted by Crippen LogP contribution is -2.25. The summed E-state index contributed by atoms with van der Waals surface area (Å²) in [6, 6.07) is 15.9. The lowest BCUT2D eigenvalue weighted by molar-refractivity contribution is -0.137. The third-order valence-electron chi connectivity index (χ3n) is 7.00. The van der Waals surface area contributed by atoms with Gasteiger partial charge in [-0.05, 0) is 106 Å². The van der Waals surface area contributed by atoms with E-state index < -0.39 is 17.6 Å². The minimum absolute atomic E-state index is 0.0756. The molecular formula is C33H36F3N5O2. The van der Waals surface area contributed by atoms with Crippen LogP contribution in [-0.2, 0) is 12.6 Å². The van der Waals surface area contributed by atoms with Crippen molar-refractivity contribution in [3.63, 3.8) is 0 Å². The molecule has 2 heterocycles. The summed E-state index contributed by atoms with van der Waals surface area (Å²) >= 11 is 0. The van der Waals surface area contributed by atoms with Crippen molar-refractivity contribution in [2.45, 2.75) is 32.9 Å². The number of benzene rings is 2. The number of carbonyl (C=O) groups is 1. The highest BCUT2D eigenvalue weighted by atomic mass is 19.4. The SMILES string of the molecule is CCc1cc(-c2cccnc2Oc2cc(C(=O)Nc3cc(C(F)(F)F)ccc3N(C)CCCN(C)C)ccc2C)ccn1. The molecule has 0 unspecified atom stereocenters. The molecular weight excluding hydrogens is 555 g/mol. The fourth-order valence-electron chi connectivity index (χ4n) is 4.57. The van der Waals surface area contributed by atoms with Crippen molar-refractivity contribution in [2.75, 3.05) is 44.4 Å². The van der Waals surface area contributed by atoms with Crippen molar-refractivity contribution in [3.8, 4) is 22.8 Å². The van der Waals surface area contributed by atoms with E-state index in [-0.39, 0.29) is 11.3 Å². The minimum Gasteiger partial charge on any atom is -0.438 e. The first-order valence-electron chi connectivity index (χ1n) is 14.0. The number of aryl methyl sites for hydroxylation is 2. The fraction of sp³-hybridized carbons (Fsp3) is 0.303. The fourth-order valence-corrected chi connectivity index (χ4v) is 4.57. The maximum atomic E-state index is 13.6. The molecule has 0 atom stereocenters. The van der Waals surface area contributed by atoms with Gasteiger partial charge in [0.15, 0.2) is 0 Å². The molecule has 0 bridgehead atoms. The number of halogens is 3. The van der Waals surface area contributed by atoms with Crippen LogP contribution in [-0.4, -0.2) is 55.0 Å². The maximum Gasteiger partial charge on any atom is 0.416 e. The molecule has 0 aliphatic carbocycles. The van der Waals surface area contributed by atoms with Gasteiger partial charge in [-0.2, -0.15) is 13.2 Å². The van der Waals surface area contributed by atoms with Gasteiger partial charge in [-0.15, -0.1) is 0 Å². The van der Waals surface area contributed by atoms with Gasteiger partial charge < -0.3 is 19.9 Å². The maximum absolute atomic E-state index is 13.6. The van der Waals surface area contributed by atoms with Crippen molar-refractivity contribution in [1.29, 1.82) is 0 Å². The van der Waals surface area contributed by atoms with E-state index in [1.165, 1.54) is 6.07 Å². The summed E-state index contributed by atoms with van der Waals surface area (Å²) in [6.07, 6.45) is 0.380. The first-order chi connectivity index (χ1) is 20.5. The molecule has 4 rings (SSSR count). The Balaban J connectivity index is 1.62. The summed E-state index contributed by atoms with van der Waals surface area (Å²) in [4.78, 5) is 26.1. The lowest BCUT2D eigenvalue weighted by Gasteiger charge is -2.24. The number of carbonyl (C=O) groups excluding carboxylic acids is 1. The Hall–Kier alpha value is -4.44. The molecule has 0 saturated heterocycles. The van der Waals surface area contributed by atoms with Gasteiger partial charge in [0.2, 0.25) is 5.88 Å². The topological polar surface area (TPSA) is 70.6 Å². The van der Waals surface area contributed by atoms with E-state index in [9.17, 15) is 18.0 Å². The smallest absolute Gasteiger partial charge is 0.416 e. The second-order valence-electron chi connectivity index (χ2n) is 10.6. The first-order valence-corrected chi connectivity index (χ1v) is 14.0. The summed E-state index contributed by atoms with van der Waals surface area (Å²) in [6.45, 7) is 5.28. The van der Waals surface area contributed by atoms with E-state index in [4.69, 9.17) is 4.74 Å². The molecule has 1 amide bonds. The normalized spacial score (nSPS) is 11.5. The number of nitrogens with zero attached hydrogens (tertiary/aromatic N) is 4. The molecule has 7 nitrogen and oxygen atoms in total. The molecule has 2 aromatic heterocycles. The highest BCUT2D eigenvalue weighted by Gasteiger charge is 2.31. The molecule has 4 aromatic rings. The second-order valence-corrected chi connectivity index (χ2v) is 10.6. The Morgan fingerprint density at radius 2 is 1.74 bits per heavy atom. The van der Waals surface area contributed by atoms with Gasteiger partial charge in [0, 0.05) is 42.8 Å². The molecule has 0 aliphatic rings. The largest absolute Gasteiger partial charge is 0.438 e. The number of ether oxygens (including phenoxy) is 1. The van der Waals surface area contributed by atoms with E-state index in [2.05, 4.69) is 15.3 Å². The lowest BCUT2D eigenvalue weighted by atomic mass is 10.1. The zero-order chi connectivity index (χ0) is 31.1. The third kappa shape index (κ3) is 8.10. The molecule has 0 radical (unpaired) electrons. The van der Waals surface area contributed by atoms with Gasteiger partial charge >= 0.3 is 6.18 Å². The highest BCUT2D eigenvalue weighted by molar-refractivity contribution is 6.06. The molecule has 0 aliphatic heterocycles. The number of anilines is 2. The summed E-state index contributed by atoms with van der Waals surface area (Å²) in [5.41, 5.74) is 3.31. The van der Waals surface area contributed by atoms with Crippen LogP contribution in [0.4, 0.5) is 24.5 Å². The first kappa shape index (κ1) is 31.5. The van der Waals surface area contributed by atoms with Crippen LogP contribution in [0.15, 0.2) is 73.1 Å². The minimum atomic E-state index is -4.56. The Labute approximate surface area is 250 Å². The van der Waals surface area contributed by atoms with E-state index in [0.717, 1.165) is 53.9 Å². The number of alkyl halides is 3. The van der Waals surface area contributed by atoms with Crippen LogP contribution in [0.5, 0.6) is 11.6 Å². The number of hydrogen-bond acceptors (Lipinski definition) is 6. The van der Waals surface area contributed by atoms with Crippen LogP contribution in [0.25, 0.3) is 11.1 Å². The summed E-state index contributed by atoms with van der Waals surface area (Å²) in [7, 11) is 5.71. The number of pyridine rings is 2. The van der Waals surface area contributed by atoms with Crippen LogP contribution in [0, 0.1) is 6.92 Å². The van der Waals surface area contributed by atoms with Gasteiger partial charge in [0.1, 0.15) is 5.75 Å². The van der Waals surface area contributed by atoms with Crippen molar-refractivity contribution in [1.82, 2.24) is 14.9 Å². The van der Waals surface area contributed by atoms with Crippen molar-refractivity contribution in [2.24, 2.45) is 0 Å². The highest BCUT2D eigenvalue weighted by Crippen LogP contribution is 2.36. The number of amides is 1. The predicted molar refractivity (Wildman–Crippen MR) is 164 cm³/mol. The zero-order valence-corrected chi connectivity index (χ0v) is 25.0. The van der Waals surface area contributed by atoms with Gasteiger partial charge in [0.05, 0.1) is 16.9 Å². The van der Waals surface area contributed by atoms with E-state index in [1.54, 1.807) is 37.6 Å². The van der Waals surface area contributed by atoms with Crippen LogP contribution in [0.1, 0.15) is 40.5 Å². The summed E-state index contributed by atoms with van der Waals surface area (Å²) in [5, 5.41) is 2.71. The molecule has 226 valence electrons. The third-order valence-corrected chi connectivity index (χ3v) is 7.00. The summed E-state index contributed by atoms with van der Waals surface area (Å²) < 4.78 is 47.0. The number of rotatable bonds is 11. The van der Waals surface area contributed by atoms with Crippen molar-refractivity contribution in [3.05, 3.63) is 95.4 Å². The van der Waals surface area contributed by atoms with Gasteiger partial charge in [-0.1, -0.05) is 13.0 Å². The Kier molecular flexibility index (Phi) is 10.0. The molecule has 10 heteroatoms. The molecule has 0 spiro atoms. The molecule has 0 fully saturated rings. The predicted octanol–water partition coefficient (Wildman–Crippen LogP) is 7.47. The average Bonchev–Trinajstić information content (AvgIpc) is 2.97. The number of nitrogens with one attached hydrogen (secondary N) is 1. The Bertz CT molecular complexity index is 1570. The van der Waals surface area contributed by atoms with E-state index in [0.29, 0.717) is 23.9 Å². The standard InChI is InChI=1S/C33H36F3N5O2/c1-6-26-19-23(14-16-37-26)27-9-7-15-38-32(27)43-30-20-24(11-10-22(30)2)31(42)39-28-21-25(33(34,35)36)12-13-29(28)41(5)18-8-17-40(3)4/h7,9-16,19-21H,6,8,17-18H2,1-5H3,(H,39,42). The van der Waals surface area contributed by atoms with E-state index >= 15 is 0 Å². The van der Waals surface area contributed by atoms with Crippen LogP contribution >= 0.6 is 0 Å². The Morgan fingerprint density at radius 1 is 0.953 bits per heavy atom. The molecule has 1 N–H and O–H groups in total. The molecule has 2 aromatic carbocycles. The molecule has 43 heavy (non-hydrogen) atoms. The number of aromatic nitrogens is 2.